The van der Waals surface area contributed by atoms with Gasteiger partial charge in [-0.05, 0) is 88.4 Å². The van der Waals surface area contributed by atoms with E-state index in [4.69, 9.17) is 18.9 Å². The summed E-state index contributed by atoms with van der Waals surface area (Å²) < 4.78 is 22.4. The molecule has 0 amide bonds. The molecule has 1 N–H and O–H groups in total. The van der Waals surface area contributed by atoms with E-state index in [1.165, 1.54) is 6.08 Å². The van der Waals surface area contributed by atoms with Gasteiger partial charge >= 0.3 is 0 Å². The Bertz CT molecular complexity index is 1270. The lowest BCUT2D eigenvalue weighted by Gasteiger charge is -2.12. The van der Waals surface area contributed by atoms with E-state index in [0.29, 0.717) is 17.1 Å². The van der Waals surface area contributed by atoms with Crippen molar-refractivity contribution in [2.75, 3.05) is 33.8 Å². The first-order valence-corrected chi connectivity index (χ1v) is 12.1. The van der Waals surface area contributed by atoms with Gasteiger partial charge in [-0.3, -0.25) is 4.79 Å². The fourth-order valence-corrected chi connectivity index (χ4v) is 4.40. The molecular weight excluding hydrogens is 522 g/mol. The highest BCUT2D eigenvalue weighted by Gasteiger charge is 2.10. The molecular formula is C29H30BrNO5. The topological polar surface area (TPSA) is 66.0 Å². The number of ketones is 1. The number of ether oxygens (including phenoxy) is 4. The molecule has 3 aromatic carbocycles. The van der Waals surface area contributed by atoms with Crippen LogP contribution in [-0.2, 0) is 6.42 Å². The highest BCUT2D eigenvalue weighted by molar-refractivity contribution is 9.10. The minimum atomic E-state index is -0.121. The summed E-state index contributed by atoms with van der Waals surface area (Å²) in [5.74, 6) is 2.69. The van der Waals surface area contributed by atoms with Crippen molar-refractivity contribution in [2.24, 2.45) is 0 Å². The van der Waals surface area contributed by atoms with E-state index >= 15 is 0 Å². The zero-order valence-corrected chi connectivity index (χ0v) is 22.6. The third kappa shape index (κ3) is 6.70. The van der Waals surface area contributed by atoms with Crippen LogP contribution < -0.4 is 24.3 Å². The Morgan fingerprint density at radius 3 is 2.28 bits per heavy atom. The average molecular weight is 552 g/mol. The van der Waals surface area contributed by atoms with Gasteiger partial charge in [0.25, 0.3) is 0 Å². The normalized spacial score (nSPS) is 11.1. The predicted octanol–water partition coefficient (Wildman–Crippen LogP) is 6.86. The van der Waals surface area contributed by atoms with E-state index in [1.807, 2.05) is 31.2 Å². The van der Waals surface area contributed by atoms with Gasteiger partial charge in [-0.15, -0.1) is 0 Å². The number of carbonyl (C=O) groups is 1. The molecule has 0 fully saturated rings. The number of aryl methyl sites for hydroxylation is 1. The predicted molar refractivity (Wildman–Crippen MR) is 148 cm³/mol. The molecule has 0 saturated heterocycles. The Labute approximate surface area is 220 Å². The molecule has 0 aliphatic rings. The van der Waals surface area contributed by atoms with Gasteiger partial charge in [-0.2, -0.15) is 0 Å². The largest absolute Gasteiger partial charge is 0.497 e. The lowest BCUT2D eigenvalue weighted by molar-refractivity contribution is 0.104. The molecule has 0 radical (unpaired) electrons. The summed E-state index contributed by atoms with van der Waals surface area (Å²) in [4.78, 5) is 12.5. The van der Waals surface area contributed by atoms with Crippen molar-refractivity contribution in [1.82, 2.24) is 0 Å². The zero-order valence-electron chi connectivity index (χ0n) is 21.1. The van der Waals surface area contributed by atoms with Crippen LogP contribution in [0.25, 0.3) is 6.08 Å². The van der Waals surface area contributed by atoms with Crippen molar-refractivity contribution in [2.45, 2.75) is 13.3 Å². The summed E-state index contributed by atoms with van der Waals surface area (Å²) >= 11 is 3.58. The van der Waals surface area contributed by atoms with Crippen LogP contribution in [0.2, 0.25) is 0 Å². The molecule has 36 heavy (non-hydrogen) atoms. The number of hydrogen-bond acceptors (Lipinski definition) is 6. The maximum Gasteiger partial charge on any atom is 0.187 e. The summed E-state index contributed by atoms with van der Waals surface area (Å²) in [6, 6.07) is 15.0. The number of methoxy groups -OCH3 is 4. The molecule has 0 unspecified atom stereocenters. The van der Waals surface area contributed by atoms with Crippen molar-refractivity contribution in [3.8, 4) is 23.0 Å². The Kier molecular flexibility index (Phi) is 9.59. The van der Waals surface area contributed by atoms with Crippen molar-refractivity contribution in [3.63, 3.8) is 0 Å². The fraction of sp³-hybridized carbons (Fsp3) is 0.207. The first kappa shape index (κ1) is 26.9. The second-order valence-corrected chi connectivity index (χ2v) is 8.76. The standard InChI is InChI=1S/C29H30BrNO5/c1-19-15-20(18-27(34-3)28(19)35-4)7-6-8-21-16-24(30)29(36-5)25(17-21)31-14-13-26(32)22-9-11-23(33-2)12-10-22/h6,8-18,31H,7H2,1-5H3/b8-6?,14-13-. The number of allylic oxidation sites excluding steroid dienone is 2. The van der Waals surface area contributed by atoms with E-state index in [1.54, 1.807) is 58.9 Å². The van der Waals surface area contributed by atoms with Crippen molar-refractivity contribution >= 4 is 33.5 Å². The van der Waals surface area contributed by atoms with Crippen molar-refractivity contribution in [1.29, 1.82) is 0 Å². The fourth-order valence-electron chi connectivity index (χ4n) is 3.76. The third-order valence-electron chi connectivity index (χ3n) is 5.51. The molecule has 0 aliphatic carbocycles. The van der Waals surface area contributed by atoms with Crippen LogP contribution in [0.15, 0.2) is 71.4 Å². The zero-order chi connectivity index (χ0) is 26.1. The number of nitrogens with one attached hydrogen (secondary N) is 1. The maximum atomic E-state index is 12.5. The number of halogens is 1. The molecule has 0 aromatic heterocycles. The number of rotatable bonds is 11. The molecule has 0 bridgehead atoms. The quantitative estimate of drug-likeness (QED) is 0.207. The molecule has 0 spiro atoms. The summed E-state index contributed by atoms with van der Waals surface area (Å²) in [6.45, 7) is 2.00. The second kappa shape index (κ2) is 12.8. The lowest BCUT2D eigenvalue weighted by Crippen LogP contribution is -1.98. The molecule has 0 atom stereocenters. The molecule has 7 heteroatoms. The monoisotopic (exact) mass is 551 g/mol. The van der Waals surface area contributed by atoms with Gasteiger partial charge in [-0.25, -0.2) is 0 Å². The molecule has 3 aromatic rings. The van der Waals surface area contributed by atoms with Crippen LogP contribution in [0.4, 0.5) is 5.69 Å². The van der Waals surface area contributed by atoms with Crippen LogP contribution in [-0.4, -0.2) is 34.2 Å². The highest BCUT2D eigenvalue weighted by atomic mass is 79.9. The molecule has 3 rings (SSSR count). The summed E-state index contributed by atoms with van der Waals surface area (Å²) in [6.07, 6.45) is 7.94. The van der Waals surface area contributed by atoms with Crippen LogP contribution in [0.5, 0.6) is 23.0 Å². The summed E-state index contributed by atoms with van der Waals surface area (Å²) in [7, 11) is 6.47. The molecule has 0 saturated carbocycles. The van der Waals surface area contributed by atoms with Crippen molar-refractivity contribution in [3.05, 3.63) is 93.6 Å². The number of carbonyl (C=O) groups excluding carboxylic acids is 1. The number of benzene rings is 3. The third-order valence-corrected chi connectivity index (χ3v) is 6.10. The minimum absolute atomic E-state index is 0.121. The highest BCUT2D eigenvalue weighted by Crippen LogP contribution is 2.35. The Balaban J connectivity index is 1.74. The van der Waals surface area contributed by atoms with E-state index in [-0.39, 0.29) is 5.78 Å². The van der Waals surface area contributed by atoms with E-state index in [9.17, 15) is 4.79 Å². The molecule has 0 aliphatic heterocycles. The SMILES string of the molecule is COc1ccc(C(=O)/C=C\Nc2cc(C=CCc3cc(C)c(OC)c(OC)c3)cc(Br)c2OC)cc1. The van der Waals surface area contributed by atoms with E-state index in [2.05, 4.69) is 33.4 Å². The molecule has 0 heterocycles. The van der Waals surface area contributed by atoms with E-state index < -0.39 is 0 Å². The Hall–Kier alpha value is -3.71. The maximum absolute atomic E-state index is 12.5. The second-order valence-electron chi connectivity index (χ2n) is 7.91. The smallest absolute Gasteiger partial charge is 0.187 e. The van der Waals surface area contributed by atoms with Crippen LogP contribution in [0.1, 0.15) is 27.0 Å². The Morgan fingerprint density at radius 1 is 0.917 bits per heavy atom. The van der Waals surface area contributed by atoms with Crippen LogP contribution in [0.3, 0.4) is 0 Å². The van der Waals surface area contributed by atoms with Gasteiger partial charge < -0.3 is 24.3 Å². The van der Waals surface area contributed by atoms with E-state index in [0.717, 1.165) is 44.8 Å². The summed E-state index contributed by atoms with van der Waals surface area (Å²) in [5.41, 5.74) is 4.41. The van der Waals surface area contributed by atoms with Gasteiger partial charge in [0.2, 0.25) is 0 Å². The average Bonchev–Trinajstić information content (AvgIpc) is 2.88. The van der Waals surface area contributed by atoms with Gasteiger partial charge in [0.1, 0.15) is 5.75 Å². The Morgan fingerprint density at radius 2 is 1.64 bits per heavy atom. The van der Waals surface area contributed by atoms with Gasteiger partial charge in [0, 0.05) is 17.8 Å². The van der Waals surface area contributed by atoms with Crippen LogP contribution in [0, 0.1) is 6.92 Å². The number of hydrogen-bond donors (Lipinski definition) is 1. The van der Waals surface area contributed by atoms with Gasteiger partial charge in [0.15, 0.2) is 23.0 Å². The molecule has 6 nitrogen and oxygen atoms in total. The summed E-state index contributed by atoms with van der Waals surface area (Å²) in [5, 5.41) is 3.17. The van der Waals surface area contributed by atoms with Crippen LogP contribution >= 0.6 is 15.9 Å². The van der Waals surface area contributed by atoms with Gasteiger partial charge in [-0.1, -0.05) is 18.2 Å². The van der Waals surface area contributed by atoms with Gasteiger partial charge in [0.05, 0.1) is 38.6 Å². The lowest BCUT2D eigenvalue weighted by atomic mass is 10.1. The number of anilines is 1. The first-order chi connectivity index (χ1) is 17.4. The van der Waals surface area contributed by atoms with Crippen molar-refractivity contribution < 1.29 is 23.7 Å². The molecule has 188 valence electrons. The first-order valence-electron chi connectivity index (χ1n) is 11.3. The minimum Gasteiger partial charge on any atom is -0.497 e.